The number of imide groups is 1. The zero-order valence-electron chi connectivity index (χ0n) is 17.5. The third-order valence-corrected chi connectivity index (χ3v) is 5.10. The zero-order chi connectivity index (χ0) is 23.5. The van der Waals surface area contributed by atoms with Crippen molar-refractivity contribution in [1.82, 2.24) is 24.6 Å². The van der Waals surface area contributed by atoms with Crippen LogP contribution in [0.25, 0.3) is 22.3 Å². The number of anilines is 2. The fraction of sp³-hybridized carbons (Fsp3) is 0.0870. The van der Waals surface area contributed by atoms with E-state index in [0.29, 0.717) is 27.9 Å². The minimum Gasteiger partial charge on any atom is -0.506 e. The van der Waals surface area contributed by atoms with E-state index in [1.807, 2.05) is 0 Å². The van der Waals surface area contributed by atoms with Crippen LogP contribution in [0.2, 0.25) is 0 Å². The fourth-order valence-corrected chi connectivity index (χ4v) is 3.43. The highest BCUT2D eigenvalue weighted by atomic mass is 16.3. The molecule has 166 valence electrons. The van der Waals surface area contributed by atoms with E-state index in [0.717, 1.165) is 11.0 Å². The second-order valence-corrected chi connectivity index (χ2v) is 7.17. The molecule has 5 N–H and O–H groups in total. The van der Waals surface area contributed by atoms with Crippen molar-refractivity contribution < 1.29 is 14.7 Å². The van der Waals surface area contributed by atoms with Crippen molar-refractivity contribution in [3.05, 3.63) is 73.1 Å². The van der Waals surface area contributed by atoms with E-state index >= 15 is 0 Å². The number of nitrogen functional groups attached to an aromatic ring is 2. The molecular formula is C23H21N7O3. The molecule has 0 fully saturated rings. The van der Waals surface area contributed by atoms with Gasteiger partial charge in [0.15, 0.2) is 5.65 Å². The molecule has 0 radical (unpaired) electrons. The van der Waals surface area contributed by atoms with E-state index in [-0.39, 0.29) is 30.3 Å². The number of nitrogens with zero attached hydrogens (tertiary/aromatic N) is 5. The molecule has 0 spiro atoms. The Morgan fingerprint density at radius 2 is 1.88 bits per heavy atom. The molecule has 0 saturated heterocycles. The molecular weight excluding hydrogens is 422 g/mol. The van der Waals surface area contributed by atoms with Crippen LogP contribution in [0.3, 0.4) is 0 Å². The molecule has 10 heteroatoms. The first-order chi connectivity index (χ1) is 15.9. The van der Waals surface area contributed by atoms with E-state index in [4.69, 9.17) is 11.5 Å². The second kappa shape index (κ2) is 8.79. The number of carbonyl (C=O) groups is 2. The van der Waals surface area contributed by atoms with Crippen LogP contribution in [0.5, 0.6) is 5.75 Å². The number of aromatic hydroxyl groups is 1. The van der Waals surface area contributed by atoms with Gasteiger partial charge in [0.05, 0.1) is 17.6 Å². The van der Waals surface area contributed by atoms with Crippen molar-refractivity contribution >= 4 is 34.4 Å². The number of benzene rings is 2. The fourth-order valence-electron chi connectivity index (χ4n) is 3.43. The number of hydrogen-bond donors (Lipinski definition) is 3. The summed E-state index contributed by atoms with van der Waals surface area (Å²) in [5, 5.41) is 15.1. The third kappa shape index (κ3) is 4.09. The standard InChI is InChI=1S/C23H21N7O3/c1-2-18(32)29(23(33)14-6-4-3-5-7-14)10-11-30-22-19(21(25)26-13-27-22)20(28-30)15-8-9-16(24)17(31)12-15/h2-9,12-13,31H,1,10-11,24H2,(H2,25,26,27). The highest BCUT2D eigenvalue weighted by Crippen LogP contribution is 2.33. The number of phenolic OH excluding ortho intramolecular Hbond substituents is 1. The lowest BCUT2D eigenvalue weighted by atomic mass is 10.1. The Balaban J connectivity index is 1.71. The van der Waals surface area contributed by atoms with Crippen molar-refractivity contribution in [2.45, 2.75) is 6.54 Å². The van der Waals surface area contributed by atoms with Crippen LogP contribution in [0.1, 0.15) is 10.4 Å². The highest BCUT2D eigenvalue weighted by molar-refractivity contribution is 6.07. The molecule has 0 bridgehead atoms. The van der Waals surface area contributed by atoms with Gasteiger partial charge in [-0.25, -0.2) is 14.6 Å². The maximum Gasteiger partial charge on any atom is 0.260 e. The van der Waals surface area contributed by atoms with Crippen molar-refractivity contribution in [1.29, 1.82) is 0 Å². The van der Waals surface area contributed by atoms with E-state index in [1.165, 1.54) is 17.1 Å². The predicted molar refractivity (Wildman–Crippen MR) is 124 cm³/mol. The van der Waals surface area contributed by atoms with Crippen LogP contribution in [0.15, 0.2) is 67.5 Å². The van der Waals surface area contributed by atoms with Gasteiger partial charge in [-0.1, -0.05) is 30.8 Å². The summed E-state index contributed by atoms with van der Waals surface area (Å²) in [6, 6.07) is 13.2. The first-order valence-corrected chi connectivity index (χ1v) is 10.00. The molecule has 2 aromatic heterocycles. The molecule has 0 unspecified atom stereocenters. The number of carbonyl (C=O) groups excluding carboxylic acids is 2. The van der Waals surface area contributed by atoms with E-state index in [2.05, 4.69) is 21.6 Å². The van der Waals surface area contributed by atoms with Crippen LogP contribution in [0, 0.1) is 0 Å². The summed E-state index contributed by atoms with van der Waals surface area (Å²) in [6.45, 7) is 3.66. The molecule has 4 aromatic rings. The molecule has 0 atom stereocenters. The number of rotatable bonds is 6. The summed E-state index contributed by atoms with van der Waals surface area (Å²) in [7, 11) is 0. The molecule has 2 aromatic carbocycles. The van der Waals surface area contributed by atoms with E-state index in [1.54, 1.807) is 42.5 Å². The Labute approximate surface area is 188 Å². The zero-order valence-corrected chi connectivity index (χ0v) is 17.5. The van der Waals surface area contributed by atoms with Gasteiger partial charge in [-0.05, 0) is 30.3 Å². The molecule has 0 aliphatic rings. The lowest BCUT2D eigenvalue weighted by molar-refractivity contribution is -0.123. The van der Waals surface area contributed by atoms with Gasteiger partial charge in [0.2, 0.25) is 0 Å². The second-order valence-electron chi connectivity index (χ2n) is 7.17. The van der Waals surface area contributed by atoms with Crippen LogP contribution in [-0.2, 0) is 11.3 Å². The SMILES string of the molecule is C=CC(=O)N(CCn1nc(-c2ccc(N)c(O)c2)c2c(N)ncnc21)C(=O)c1ccccc1. The van der Waals surface area contributed by atoms with Gasteiger partial charge in [0, 0.05) is 17.7 Å². The van der Waals surface area contributed by atoms with Crippen molar-refractivity contribution in [2.75, 3.05) is 18.0 Å². The van der Waals surface area contributed by atoms with Gasteiger partial charge in [-0.15, -0.1) is 0 Å². The number of phenols is 1. The molecule has 33 heavy (non-hydrogen) atoms. The van der Waals surface area contributed by atoms with Gasteiger partial charge in [-0.2, -0.15) is 5.10 Å². The normalized spacial score (nSPS) is 10.8. The average Bonchev–Trinajstić information content (AvgIpc) is 3.21. The van der Waals surface area contributed by atoms with Crippen molar-refractivity contribution in [2.24, 2.45) is 0 Å². The number of nitrogens with two attached hydrogens (primary N) is 2. The maximum atomic E-state index is 12.9. The number of hydrogen-bond acceptors (Lipinski definition) is 8. The van der Waals surface area contributed by atoms with Crippen molar-refractivity contribution in [3.63, 3.8) is 0 Å². The van der Waals surface area contributed by atoms with E-state index < -0.39 is 11.8 Å². The van der Waals surface area contributed by atoms with Crippen LogP contribution < -0.4 is 11.5 Å². The van der Waals surface area contributed by atoms with Crippen LogP contribution in [-0.4, -0.2) is 48.1 Å². The molecule has 2 heterocycles. The molecule has 4 rings (SSSR count). The smallest absolute Gasteiger partial charge is 0.260 e. The van der Waals surface area contributed by atoms with Crippen molar-refractivity contribution in [3.8, 4) is 17.0 Å². The third-order valence-electron chi connectivity index (χ3n) is 5.10. The Morgan fingerprint density at radius 3 is 2.58 bits per heavy atom. The Morgan fingerprint density at radius 1 is 1.12 bits per heavy atom. The summed E-state index contributed by atoms with van der Waals surface area (Å²) < 4.78 is 1.54. The Kier molecular flexibility index (Phi) is 5.73. The van der Waals surface area contributed by atoms with Gasteiger partial charge in [-0.3, -0.25) is 14.5 Å². The summed E-state index contributed by atoms with van der Waals surface area (Å²) in [5.41, 5.74) is 13.8. The van der Waals surface area contributed by atoms with Gasteiger partial charge in [0.1, 0.15) is 23.6 Å². The molecule has 0 saturated carbocycles. The Hall–Kier alpha value is -4.73. The monoisotopic (exact) mass is 443 g/mol. The molecule has 0 aliphatic carbocycles. The van der Waals surface area contributed by atoms with Gasteiger partial charge in [0.25, 0.3) is 11.8 Å². The quantitative estimate of drug-likeness (QED) is 0.233. The summed E-state index contributed by atoms with van der Waals surface area (Å²) in [5.74, 6) is -0.869. The first-order valence-electron chi connectivity index (χ1n) is 10.00. The number of fused-ring (bicyclic) bond motifs is 1. The summed E-state index contributed by atoms with van der Waals surface area (Å²) in [4.78, 5) is 34.8. The highest BCUT2D eigenvalue weighted by Gasteiger charge is 2.23. The number of amides is 2. The van der Waals surface area contributed by atoms with Gasteiger partial charge < -0.3 is 16.6 Å². The van der Waals surface area contributed by atoms with Crippen LogP contribution in [0.4, 0.5) is 11.5 Å². The Bertz CT molecular complexity index is 1370. The maximum absolute atomic E-state index is 12.9. The molecule has 10 nitrogen and oxygen atoms in total. The topological polar surface area (TPSA) is 153 Å². The molecule has 0 aliphatic heterocycles. The first kappa shape index (κ1) is 21.5. The minimum absolute atomic E-state index is 0.0195. The van der Waals surface area contributed by atoms with Crippen LogP contribution >= 0.6 is 0 Å². The molecule has 2 amide bonds. The van der Waals surface area contributed by atoms with E-state index in [9.17, 15) is 14.7 Å². The van der Waals surface area contributed by atoms with Gasteiger partial charge >= 0.3 is 0 Å². The number of aromatic nitrogens is 4. The average molecular weight is 443 g/mol. The lowest BCUT2D eigenvalue weighted by Crippen LogP contribution is -2.38. The minimum atomic E-state index is -0.530. The summed E-state index contributed by atoms with van der Waals surface area (Å²) >= 11 is 0. The summed E-state index contributed by atoms with van der Waals surface area (Å²) in [6.07, 6.45) is 2.40. The predicted octanol–water partition coefficient (Wildman–Crippen LogP) is 2.22. The largest absolute Gasteiger partial charge is 0.506 e. The lowest BCUT2D eigenvalue weighted by Gasteiger charge is -2.19.